The molecule has 0 spiro atoms. The Kier molecular flexibility index (Phi) is 6.29. The van der Waals surface area contributed by atoms with Crippen LogP contribution in [0.3, 0.4) is 0 Å². The molecule has 0 saturated heterocycles. The second-order valence-electron chi connectivity index (χ2n) is 7.92. The standard InChI is InChI=1S/C23H22F2N4O2/c1-23(2,3)21(30)29-20-11-6-15(13-26-20)14-4-7-16(8-5-14)27-22(31)28-17-9-10-18(24)19(25)12-17/h4-13H,1-3H3,(H,26,29,30)(H2,27,28,31). The van der Waals surface area contributed by atoms with E-state index >= 15 is 0 Å². The van der Waals surface area contributed by atoms with Crippen molar-refractivity contribution in [2.75, 3.05) is 16.0 Å². The maximum atomic E-state index is 13.2. The number of nitrogens with one attached hydrogen (secondary N) is 3. The molecule has 160 valence electrons. The molecule has 0 bridgehead atoms. The van der Waals surface area contributed by atoms with Gasteiger partial charge < -0.3 is 16.0 Å². The number of halogens is 2. The Labute approximate surface area is 178 Å². The number of hydrogen-bond acceptors (Lipinski definition) is 3. The van der Waals surface area contributed by atoms with Crippen molar-refractivity contribution in [3.63, 3.8) is 0 Å². The van der Waals surface area contributed by atoms with Crippen LogP contribution in [0.15, 0.2) is 60.8 Å². The molecule has 0 aliphatic carbocycles. The van der Waals surface area contributed by atoms with Crippen LogP contribution in [0, 0.1) is 17.0 Å². The van der Waals surface area contributed by atoms with Gasteiger partial charge in [0.25, 0.3) is 0 Å². The molecule has 31 heavy (non-hydrogen) atoms. The molecule has 0 fully saturated rings. The van der Waals surface area contributed by atoms with Gasteiger partial charge in [-0.15, -0.1) is 0 Å². The van der Waals surface area contributed by atoms with Crippen molar-refractivity contribution < 1.29 is 18.4 Å². The van der Waals surface area contributed by atoms with Crippen molar-refractivity contribution in [2.24, 2.45) is 5.41 Å². The van der Waals surface area contributed by atoms with Crippen LogP contribution in [0.5, 0.6) is 0 Å². The quantitative estimate of drug-likeness (QED) is 0.506. The lowest BCUT2D eigenvalue weighted by molar-refractivity contribution is -0.123. The van der Waals surface area contributed by atoms with E-state index in [9.17, 15) is 18.4 Å². The number of pyridine rings is 1. The summed E-state index contributed by atoms with van der Waals surface area (Å²) in [5, 5.41) is 7.82. The molecule has 0 aliphatic heterocycles. The fourth-order valence-corrected chi connectivity index (χ4v) is 2.56. The molecule has 3 rings (SSSR count). The monoisotopic (exact) mass is 424 g/mol. The highest BCUT2D eigenvalue weighted by molar-refractivity contribution is 5.99. The summed E-state index contributed by atoms with van der Waals surface area (Å²) in [4.78, 5) is 28.4. The largest absolute Gasteiger partial charge is 0.323 e. The van der Waals surface area contributed by atoms with Crippen LogP contribution in [0.1, 0.15) is 20.8 Å². The van der Waals surface area contributed by atoms with Crippen molar-refractivity contribution in [1.82, 2.24) is 4.98 Å². The number of benzene rings is 2. The summed E-state index contributed by atoms with van der Waals surface area (Å²) >= 11 is 0. The number of urea groups is 1. The number of aromatic nitrogens is 1. The van der Waals surface area contributed by atoms with E-state index in [1.807, 2.05) is 26.8 Å². The molecule has 8 heteroatoms. The Bertz CT molecular complexity index is 1090. The molecule has 6 nitrogen and oxygen atoms in total. The zero-order valence-electron chi connectivity index (χ0n) is 17.3. The summed E-state index contributed by atoms with van der Waals surface area (Å²) in [6, 6.07) is 13.1. The third kappa shape index (κ3) is 5.85. The first-order valence-corrected chi connectivity index (χ1v) is 9.53. The third-order valence-corrected chi connectivity index (χ3v) is 4.34. The molecule has 0 atom stereocenters. The zero-order chi connectivity index (χ0) is 22.6. The number of amides is 3. The molecule has 1 heterocycles. The summed E-state index contributed by atoms with van der Waals surface area (Å²) in [6.07, 6.45) is 1.65. The number of carbonyl (C=O) groups excluding carboxylic acids is 2. The molecule has 3 aromatic rings. The van der Waals surface area contributed by atoms with Gasteiger partial charge in [0.2, 0.25) is 5.91 Å². The summed E-state index contributed by atoms with van der Waals surface area (Å²) in [5.74, 6) is -1.68. The van der Waals surface area contributed by atoms with Crippen molar-refractivity contribution >= 4 is 29.1 Å². The fourth-order valence-electron chi connectivity index (χ4n) is 2.56. The summed E-state index contributed by atoms with van der Waals surface area (Å²) in [6.45, 7) is 5.47. The normalized spacial score (nSPS) is 11.0. The predicted molar refractivity (Wildman–Crippen MR) is 117 cm³/mol. The van der Waals surface area contributed by atoms with Crippen molar-refractivity contribution in [3.8, 4) is 11.1 Å². The SMILES string of the molecule is CC(C)(C)C(=O)Nc1ccc(-c2ccc(NC(=O)Nc3ccc(F)c(F)c3)cc2)cn1. The second-order valence-corrected chi connectivity index (χ2v) is 7.92. The molecule has 3 N–H and O–H groups in total. The molecule has 3 amide bonds. The number of nitrogens with zero attached hydrogens (tertiary/aromatic N) is 1. The first kappa shape index (κ1) is 21.9. The van der Waals surface area contributed by atoms with E-state index in [2.05, 4.69) is 20.9 Å². The van der Waals surface area contributed by atoms with E-state index in [0.717, 1.165) is 23.3 Å². The van der Waals surface area contributed by atoms with E-state index in [4.69, 9.17) is 0 Å². The zero-order valence-corrected chi connectivity index (χ0v) is 17.3. The summed E-state index contributed by atoms with van der Waals surface area (Å²) in [5.41, 5.74) is 1.85. The smallest absolute Gasteiger partial charge is 0.310 e. The molecule has 2 aromatic carbocycles. The Morgan fingerprint density at radius 1 is 0.774 bits per heavy atom. The molecular formula is C23H22F2N4O2. The van der Waals surface area contributed by atoms with Crippen LogP contribution in [-0.2, 0) is 4.79 Å². The molecule has 0 aliphatic rings. The van der Waals surface area contributed by atoms with Gasteiger partial charge in [0.05, 0.1) is 0 Å². The highest BCUT2D eigenvalue weighted by atomic mass is 19.2. The van der Waals surface area contributed by atoms with Crippen molar-refractivity contribution in [2.45, 2.75) is 20.8 Å². The van der Waals surface area contributed by atoms with Gasteiger partial charge in [-0.05, 0) is 42.0 Å². The Hall–Kier alpha value is -3.81. The van der Waals surface area contributed by atoms with Gasteiger partial charge in [0, 0.05) is 34.6 Å². The molecule has 1 aromatic heterocycles. The molecule has 0 saturated carbocycles. The fraction of sp³-hybridized carbons (Fsp3) is 0.174. The molecule has 0 unspecified atom stereocenters. The Morgan fingerprint density at radius 2 is 1.39 bits per heavy atom. The number of hydrogen-bond donors (Lipinski definition) is 3. The van der Waals surface area contributed by atoms with E-state index in [0.29, 0.717) is 11.5 Å². The average Bonchev–Trinajstić information content (AvgIpc) is 2.71. The van der Waals surface area contributed by atoms with Gasteiger partial charge >= 0.3 is 6.03 Å². The minimum Gasteiger partial charge on any atom is -0.310 e. The van der Waals surface area contributed by atoms with Crippen molar-refractivity contribution in [3.05, 3.63) is 72.4 Å². The Morgan fingerprint density at radius 3 is 1.97 bits per heavy atom. The van der Waals surface area contributed by atoms with E-state index in [1.54, 1.807) is 36.5 Å². The average molecular weight is 424 g/mol. The minimum atomic E-state index is -1.04. The van der Waals surface area contributed by atoms with Gasteiger partial charge in [-0.25, -0.2) is 18.6 Å². The lowest BCUT2D eigenvalue weighted by Gasteiger charge is -2.17. The van der Waals surface area contributed by atoms with Crippen LogP contribution in [0.4, 0.5) is 30.8 Å². The van der Waals surface area contributed by atoms with Gasteiger partial charge in [0.15, 0.2) is 11.6 Å². The lowest BCUT2D eigenvalue weighted by Crippen LogP contribution is -2.27. The minimum absolute atomic E-state index is 0.121. The highest BCUT2D eigenvalue weighted by Gasteiger charge is 2.21. The Balaban J connectivity index is 1.61. The van der Waals surface area contributed by atoms with Crippen LogP contribution in [0.25, 0.3) is 11.1 Å². The topological polar surface area (TPSA) is 83.1 Å². The number of carbonyl (C=O) groups is 2. The molecule has 0 radical (unpaired) electrons. The maximum absolute atomic E-state index is 13.2. The van der Waals surface area contributed by atoms with Crippen molar-refractivity contribution in [1.29, 1.82) is 0 Å². The highest BCUT2D eigenvalue weighted by Crippen LogP contribution is 2.23. The van der Waals surface area contributed by atoms with Crippen LogP contribution < -0.4 is 16.0 Å². The van der Waals surface area contributed by atoms with Gasteiger partial charge in [-0.1, -0.05) is 32.9 Å². The first-order valence-electron chi connectivity index (χ1n) is 9.53. The van der Waals surface area contributed by atoms with Gasteiger partial charge in [0.1, 0.15) is 5.82 Å². The van der Waals surface area contributed by atoms with E-state index in [1.165, 1.54) is 6.07 Å². The van der Waals surface area contributed by atoms with Crippen LogP contribution in [-0.4, -0.2) is 16.9 Å². The summed E-state index contributed by atoms with van der Waals surface area (Å²) in [7, 11) is 0. The third-order valence-electron chi connectivity index (χ3n) is 4.34. The van der Waals surface area contributed by atoms with Gasteiger partial charge in [-0.2, -0.15) is 0 Å². The first-order chi connectivity index (χ1) is 14.6. The maximum Gasteiger partial charge on any atom is 0.323 e. The van der Waals surface area contributed by atoms with E-state index < -0.39 is 23.1 Å². The van der Waals surface area contributed by atoms with Crippen LogP contribution >= 0.6 is 0 Å². The number of rotatable bonds is 4. The van der Waals surface area contributed by atoms with E-state index in [-0.39, 0.29) is 11.6 Å². The second kappa shape index (κ2) is 8.91. The van der Waals surface area contributed by atoms with Gasteiger partial charge in [-0.3, -0.25) is 4.79 Å². The lowest BCUT2D eigenvalue weighted by atomic mass is 9.96. The molecular weight excluding hydrogens is 402 g/mol. The predicted octanol–water partition coefficient (Wildman–Crippen LogP) is 5.66. The number of anilines is 3. The summed E-state index contributed by atoms with van der Waals surface area (Å²) < 4.78 is 26.2. The van der Waals surface area contributed by atoms with Crippen LogP contribution in [0.2, 0.25) is 0 Å².